The van der Waals surface area contributed by atoms with Crippen LogP contribution in [0.25, 0.3) is 0 Å². The van der Waals surface area contributed by atoms with Gasteiger partial charge in [-0.15, -0.1) is 0 Å². The number of carboxylic acid groups (broad SMARTS) is 1. The number of carbonyl (C=O) groups excluding carboxylic acids is 1. The summed E-state index contributed by atoms with van der Waals surface area (Å²) < 4.78 is 4.80. The first-order chi connectivity index (χ1) is 13.6. The van der Waals surface area contributed by atoms with E-state index in [4.69, 9.17) is 4.74 Å². The zero-order valence-corrected chi connectivity index (χ0v) is 15.7. The molecule has 0 radical (unpaired) electrons. The average molecular weight is 377 g/mol. The highest BCUT2D eigenvalue weighted by atomic mass is 16.5. The summed E-state index contributed by atoms with van der Waals surface area (Å²) in [4.78, 5) is 23.6. The first-order valence-corrected chi connectivity index (χ1v) is 9.89. The van der Waals surface area contributed by atoms with Gasteiger partial charge in [0.15, 0.2) is 0 Å². The molecule has 144 valence electrons. The van der Waals surface area contributed by atoms with Gasteiger partial charge in [0.2, 0.25) is 0 Å². The van der Waals surface area contributed by atoms with E-state index in [1.807, 2.05) is 18.2 Å². The Bertz CT molecular complexity index is 952. The van der Waals surface area contributed by atoms with Crippen LogP contribution in [0, 0.1) is 17.8 Å². The van der Waals surface area contributed by atoms with Crippen molar-refractivity contribution in [2.24, 2.45) is 17.8 Å². The van der Waals surface area contributed by atoms with Crippen molar-refractivity contribution in [1.29, 1.82) is 0 Å². The van der Waals surface area contributed by atoms with Crippen molar-refractivity contribution in [3.05, 3.63) is 64.7 Å². The average Bonchev–Trinajstić information content (AvgIpc) is 3.35. The van der Waals surface area contributed by atoms with Crippen LogP contribution >= 0.6 is 0 Å². The van der Waals surface area contributed by atoms with Crippen LogP contribution in [-0.4, -0.2) is 24.2 Å². The molecule has 0 aromatic heterocycles. The molecular weight excluding hydrogens is 354 g/mol. The number of ether oxygens (including phenoxy) is 1. The van der Waals surface area contributed by atoms with Crippen LogP contribution in [0.3, 0.4) is 0 Å². The molecule has 1 heterocycles. The van der Waals surface area contributed by atoms with Gasteiger partial charge >= 0.3 is 11.9 Å². The number of hydrogen-bond acceptors (Lipinski definition) is 4. The summed E-state index contributed by atoms with van der Waals surface area (Å²) in [5.41, 5.74) is 3.90. The quantitative estimate of drug-likeness (QED) is 0.772. The van der Waals surface area contributed by atoms with Crippen molar-refractivity contribution in [3.8, 4) is 0 Å². The van der Waals surface area contributed by atoms with Gasteiger partial charge in [0.25, 0.3) is 0 Å². The molecule has 0 saturated heterocycles. The molecule has 0 unspecified atom stereocenters. The molecular formula is C23H23NO4. The summed E-state index contributed by atoms with van der Waals surface area (Å²) >= 11 is 0. The Balaban J connectivity index is 1.59. The van der Waals surface area contributed by atoms with Gasteiger partial charge in [-0.05, 0) is 72.3 Å². The van der Waals surface area contributed by atoms with Gasteiger partial charge in [-0.3, -0.25) is 0 Å². The molecule has 2 aromatic carbocycles. The van der Waals surface area contributed by atoms with E-state index < -0.39 is 5.97 Å². The number of carboxylic acids is 1. The van der Waals surface area contributed by atoms with Crippen molar-refractivity contribution in [2.45, 2.75) is 31.2 Å². The van der Waals surface area contributed by atoms with Gasteiger partial charge in [-0.1, -0.05) is 24.3 Å². The maximum Gasteiger partial charge on any atom is 0.337 e. The van der Waals surface area contributed by atoms with Gasteiger partial charge in [0.1, 0.15) is 0 Å². The first kappa shape index (κ1) is 17.3. The second-order valence-electron chi connectivity index (χ2n) is 8.25. The molecule has 28 heavy (non-hydrogen) atoms. The molecule has 2 aliphatic carbocycles. The molecule has 0 amide bonds. The predicted octanol–water partition coefficient (Wildman–Crippen LogP) is 4.47. The van der Waals surface area contributed by atoms with Crippen LogP contribution < -0.4 is 5.32 Å². The van der Waals surface area contributed by atoms with Gasteiger partial charge < -0.3 is 15.2 Å². The van der Waals surface area contributed by atoms with Crippen molar-refractivity contribution in [2.75, 3.05) is 12.4 Å². The molecule has 1 aliphatic heterocycles. The largest absolute Gasteiger partial charge is 0.478 e. The lowest BCUT2D eigenvalue weighted by Gasteiger charge is -2.44. The van der Waals surface area contributed by atoms with E-state index in [1.54, 1.807) is 18.2 Å². The zero-order chi connectivity index (χ0) is 19.4. The topological polar surface area (TPSA) is 75.6 Å². The lowest BCUT2D eigenvalue weighted by molar-refractivity contribution is 0.0599. The van der Waals surface area contributed by atoms with E-state index in [0.29, 0.717) is 34.8 Å². The van der Waals surface area contributed by atoms with E-state index in [-0.39, 0.29) is 12.0 Å². The summed E-state index contributed by atoms with van der Waals surface area (Å²) in [5, 5.41) is 13.3. The van der Waals surface area contributed by atoms with Crippen LogP contribution in [0.1, 0.15) is 63.1 Å². The summed E-state index contributed by atoms with van der Waals surface area (Å²) in [6, 6.07) is 13.2. The monoisotopic (exact) mass is 377 g/mol. The summed E-state index contributed by atoms with van der Waals surface area (Å²) in [5.74, 6) is 0.912. The van der Waals surface area contributed by atoms with Crippen molar-refractivity contribution in [1.82, 2.24) is 0 Å². The highest BCUT2D eigenvalue weighted by Gasteiger charge is 2.54. The SMILES string of the molecule is COC(=O)c1ccc([C@H]2Nc3c(C(=O)O)cccc3[C@H]3[C@H]4CC[C@H](C4)[C@H]32)cc1. The fraction of sp³-hybridized carbons (Fsp3) is 0.391. The minimum atomic E-state index is -0.897. The Morgan fingerprint density at radius 2 is 1.82 bits per heavy atom. The highest BCUT2D eigenvalue weighted by Crippen LogP contribution is 2.63. The van der Waals surface area contributed by atoms with Crippen molar-refractivity contribution < 1.29 is 19.4 Å². The van der Waals surface area contributed by atoms with E-state index in [0.717, 1.165) is 11.3 Å². The number of esters is 1. The van der Waals surface area contributed by atoms with Crippen LogP contribution in [0.5, 0.6) is 0 Å². The molecule has 5 nitrogen and oxygen atoms in total. The summed E-state index contributed by atoms with van der Waals surface area (Å²) in [6.07, 6.45) is 3.71. The predicted molar refractivity (Wildman–Crippen MR) is 105 cm³/mol. The number of para-hydroxylation sites is 1. The fourth-order valence-electron chi connectivity index (χ4n) is 5.97. The number of anilines is 1. The Morgan fingerprint density at radius 1 is 1.07 bits per heavy atom. The Labute approximate surface area is 163 Å². The van der Waals surface area contributed by atoms with E-state index in [9.17, 15) is 14.7 Å². The minimum Gasteiger partial charge on any atom is -0.478 e. The second kappa shape index (κ2) is 6.36. The normalized spacial score (nSPS) is 29.5. The number of methoxy groups -OCH3 is 1. The fourth-order valence-corrected chi connectivity index (χ4v) is 5.97. The van der Waals surface area contributed by atoms with Crippen LogP contribution in [0.2, 0.25) is 0 Å². The lowest BCUT2D eigenvalue weighted by atomic mass is 9.67. The standard InChI is InChI=1S/C23H23NO4/c1-28-23(27)13-7-5-12(6-8-13)20-19-15-10-9-14(11-15)18(19)16-3-2-4-17(22(25)26)21(16)24-20/h2-8,14-15,18-20,24H,9-11H2,1H3,(H,25,26)/t14-,15+,18+,19+,20+/m0/s1. The van der Waals surface area contributed by atoms with E-state index >= 15 is 0 Å². The zero-order valence-electron chi connectivity index (χ0n) is 15.7. The Kier molecular flexibility index (Phi) is 3.93. The Hall–Kier alpha value is -2.82. The number of hydrogen-bond donors (Lipinski definition) is 2. The summed E-state index contributed by atoms with van der Waals surface area (Å²) in [6.45, 7) is 0. The molecule has 2 saturated carbocycles. The third-order valence-electron chi connectivity index (χ3n) is 7.04. The second-order valence-corrected chi connectivity index (χ2v) is 8.25. The molecule has 5 rings (SSSR count). The van der Waals surface area contributed by atoms with Crippen molar-refractivity contribution >= 4 is 17.6 Å². The third-order valence-corrected chi connectivity index (χ3v) is 7.04. The minimum absolute atomic E-state index is 0.0556. The maximum absolute atomic E-state index is 11.8. The van der Waals surface area contributed by atoms with Gasteiger partial charge in [-0.2, -0.15) is 0 Å². The number of fused-ring (bicyclic) bond motifs is 7. The summed E-state index contributed by atoms with van der Waals surface area (Å²) in [7, 11) is 1.38. The third kappa shape index (κ3) is 2.45. The van der Waals surface area contributed by atoms with Crippen LogP contribution in [0.15, 0.2) is 42.5 Å². The number of rotatable bonds is 3. The van der Waals surface area contributed by atoms with Crippen molar-refractivity contribution in [3.63, 3.8) is 0 Å². The maximum atomic E-state index is 11.8. The molecule has 2 aromatic rings. The molecule has 3 aliphatic rings. The van der Waals surface area contributed by atoms with Gasteiger partial charge in [0.05, 0.1) is 30.0 Å². The number of carbonyl (C=O) groups is 2. The van der Waals surface area contributed by atoms with Crippen LogP contribution in [-0.2, 0) is 4.74 Å². The van der Waals surface area contributed by atoms with Gasteiger partial charge in [-0.25, -0.2) is 9.59 Å². The number of aromatic carboxylic acids is 1. The number of nitrogens with one attached hydrogen (secondary N) is 1. The molecule has 2 N–H and O–H groups in total. The smallest absolute Gasteiger partial charge is 0.337 e. The van der Waals surface area contributed by atoms with E-state index in [1.165, 1.54) is 31.9 Å². The molecule has 0 spiro atoms. The molecule has 5 heteroatoms. The first-order valence-electron chi connectivity index (χ1n) is 9.89. The lowest BCUT2D eigenvalue weighted by Crippen LogP contribution is -2.36. The van der Waals surface area contributed by atoms with E-state index in [2.05, 4.69) is 11.4 Å². The molecule has 5 atom stereocenters. The Morgan fingerprint density at radius 3 is 2.54 bits per heavy atom. The molecule has 2 fully saturated rings. The van der Waals surface area contributed by atoms with Gasteiger partial charge in [0, 0.05) is 0 Å². The van der Waals surface area contributed by atoms with Crippen LogP contribution in [0.4, 0.5) is 5.69 Å². The number of benzene rings is 2. The highest BCUT2D eigenvalue weighted by molar-refractivity contribution is 5.95. The molecule has 2 bridgehead atoms.